The normalized spacial score (nSPS) is 11.5. The average Bonchev–Trinajstić information content (AvgIpc) is 2.38. The minimum atomic E-state index is -0.447. The molecule has 0 bridgehead atoms. The van der Waals surface area contributed by atoms with Crippen LogP contribution in [0.15, 0.2) is 18.3 Å². The van der Waals surface area contributed by atoms with Crippen molar-refractivity contribution in [3.05, 3.63) is 23.9 Å². The van der Waals surface area contributed by atoms with E-state index in [4.69, 9.17) is 12.2 Å². The van der Waals surface area contributed by atoms with Gasteiger partial charge in [-0.2, -0.15) is 0 Å². The molecule has 1 heterocycles. The molecule has 0 saturated carbocycles. The quantitative estimate of drug-likeness (QED) is 0.642. The summed E-state index contributed by atoms with van der Waals surface area (Å²) in [6, 6.07) is 3.56. The standard InChI is InChI=1S/C12H17N3O2S/c1-4-8(2)14-12(18)15-10-9(11(16)17-3)6-5-7-13-10/h5-8H,4H2,1-3H3,(H2,13,14,15,18)/t8-/m0/s1. The van der Waals surface area contributed by atoms with Crippen molar-refractivity contribution < 1.29 is 9.53 Å². The molecule has 1 aromatic heterocycles. The minimum Gasteiger partial charge on any atom is -0.465 e. The number of nitrogens with zero attached hydrogens (tertiary/aromatic N) is 1. The Morgan fingerprint density at radius 2 is 2.33 bits per heavy atom. The Balaban J connectivity index is 2.78. The first-order valence-corrected chi connectivity index (χ1v) is 6.10. The van der Waals surface area contributed by atoms with Crippen molar-refractivity contribution in [3.63, 3.8) is 0 Å². The fourth-order valence-electron chi connectivity index (χ4n) is 1.25. The largest absolute Gasteiger partial charge is 0.465 e. The number of rotatable bonds is 4. The lowest BCUT2D eigenvalue weighted by Gasteiger charge is -2.15. The number of thiocarbonyl (C=S) groups is 1. The van der Waals surface area contributed by atoms with E-state index < -0.39 is 5.97 Å². The van der Waals surface area contributed by atoms with Gasteiger partial charge in [0.15, 0.2) is 5.11 Å². The van der Waals surface area contributed by atoms with Gasteiger partial charge in [0.1, 0.15) is 11.4 Å². The monoisotopic (exact) mass is 267 g/mol. The van der Waals surface area contributed by atoms with Crippen LogP contribution in [-0.2, 0) is 4.74 Å². The third-order valence-corrected chi connectivity index (χ3v) is 2.65. The van der Waals surface area contributed by atoms with E-state index in [-0.39, 0.29) is 6.04 Å². The van der Waals surface area contributed by atoms with E-state index in [0.717, 1.165) is 6.42 Å². The lowest BCUT2D eigenvalue weighted by atomic mass is 10.2. The van der Waals surface area contributed by atoms with Gasteiger partial charge in [-0.1, -0.05) is 6.92 Å². The molecule has 0 radical (unpaired) electrons. The summed E-state index contributed by atoms with van der Waals surface area (Å²) in [5.74, 6) is -0.0536. The maximum Gasteiger partial charge on any atom is 0.341 e. The van der Waals surface area contributed by atoms with Crippen LogP contribution in [0, 0.1) is 0 Å². The summed E-state index contributed by atoms with van der Waals surface area (Å²) < 4.78 is 4.68. The number of ether oxygens (including phenoxy) is 1. The SMILES string of the molecule is CC[C@H](C)NC(=S)Nc1ncccc1C(=O)OC. The van der Waals surface area contributed by atoms with Crippen LogP contribution >= 0.6 is 12.2 Å². The number of pyridine rings is 1. The average molecular weight is 267 g/mol. The van der Waals surface area contributed by atoms with E-state index in [2.05, 4.69) is 27.3 Å². The number of nitrogens with one attached hydrogen (secondary N) is 2. The van der Waals surface area contributed by atoms with Crippen molar-refractivity contribution in [2.24, 2.45) is 0 Å². The number of hydrogen-bond acceptors (Lipinski definition) is 4. The number of carbonyl (C=O) groups excluding carboxylic acids is 1. The van der Waals surface area contributed by atoms with E-state index >= 15 is 0 Å². The molecule has 6 heteroatoms. The third-order valence-electron chi connectivity index (χ3n) is 2.43. The van der Waals surface area contributed by atoms with Crippen LogP contribution in [0.5, 0.6) is 0 Å². The summed E-state index contributed by atoms with van der Waals surface area (Å²) >= 11 is 5.15. The molecule has 2 N–H and O–H groups in total. The fraction of sp³-hybridized carbons (Fsp3) is 0.417. The predicted molar refractivity (Wildman–Crippen MR) is 74.7 cm³/mol. The number of anilines is 1. The Kier molecular flexibility index (Phi) is 5.51. The third kappa shape index (κ3) is 3.96. The van der Waals surface area contributed by atoms with E-state index in [1.165, 1.54) is 7.11 Å². The zero-order valence-corrected chi connectivity index (χ0v) is 11.5. The fourth-order valence-corrected chi connectivity index (χ4v) is 1.55. The first kappa shape index (κ1) is 14.4. The lowest BCUT2D eigenvalue weighted by Crippen LogP contribution is -2.36. The maximum atomic E-state index is 11.5. The van der Waals surface area contributed by atoms with Crippen LogP contribution in [0.2, 0.25) is 0 Å². The summed E-state index contributed by atoms with van der Waals surface area (Å²) in [7, 11) is 1.33. The summed E-state index contributed by atoms with van der Waals surface area (Å²) in [6.07, 6.45) is 2.54. The van der Waals surface area contributed by atoms with Crippen LogP contribution in [0.25, 0.3) is 0 Å². The predicted octanol–water partition coefficient (Wildman–Crippen LogP) is 1.95. The Hall–Kier alpha value is -1.69. The molecule has 5 nitrogen and oxygen atoms in total. The molecule has 0 aliphatic heterocycles. The van der Waals surface area contributed by atoms with Gasteiger partial charge in [-0.25, -0.2) is 9.78 Å². The van der Waals surface area contributed by atoms with Crippen molar-refractivity contribution >= 4 is 29.1 Å². The molecule has 0 aliphatic rings. The zero-order valence-electron chi connectivity index (χ0n) is 10.7. The second-order valence-electron chi connectivity index (χ2n) is 3.80. The van der Waals surface area contributed by atoms with Gasteiger partial charge in [0.2, 0.25) is 0 Å². The van der Waals surface area contributed by atoms with Gasteiger partial charge >= 0.3 is 5.97 Å². The smallest absolute Gasteiger partial charge is 0.341 e. The first-order chi connectivity index (χ1) is 8.58. The molecule has 0 fully saturated rings. The molecular formula is C12H17N3O2S. The van der Waals surface area contributed by atoms with Crippen molar-refractivity contribution in [2.75, 3.05) is 12.4 Å². The molecule has 0 aliphatic carbocycles. The summed E-state index contributed by atoms with van der Waals surface area (Å²) in [5.41, 5.74) is 0.355. The highest BCUT2D eigenvalue weighted by molar-refractivity contribution is 7.80. The van der Waals surface area contributed by atoms with E-state index in [0.29, 0.717) is 16.5 Å². The number of aromatic nitrogens is 1. The second kappa shape index (κ2) is 6.90. The van der Waals surface area contributed by atoms with E-state index in [9.17, 15) is 4.79 Å². The van der Waals surface area contributed by atoms with Gasteiger partial charge in [0, 0.05) is 12.2 Å². The van der Waals surface area contributed by atoms with Crippen LogP contribution in [0.3, 0.4) is 0 Å². The number of esters is 1. The van der Waals surface area contributed by atoms with Crippen LogP contribution in [-0.4, -0.2) is 29.2 Å². The molecular weight excluding hydrogens is 250 g/mol. The molecule has 0 amide bonds. The molecule has 0 spiro atoms. The number of methoxy groups -OCH3 is 1. The molecule has 0 aromatic carbocycles. The molecule has 0 saturated heterocycles. The van der Waals surface area contributed by atoms with Gasteiger partial charge in [0.05, 0.1) is 7.11 Å². The van der Waals surface area contributed by atoms with E-state index in [1.54, 1.807) is 18.3 Å². The Morgan fingerprint density at radius 3 is 2.94 bits per heavy atom. The molecule has 98 valence electrons. The second-order valence-corrected chi connectivity index (χ2v) is 4.21. The van der Waals surface area contributed by atoms with Gasteiger partial charge in [-0.3, -0.25) is 0 Å². The topological polar surface area (TPSA) is 63.2 Å². The first-order valence-electron chi connectivity index (χ1n) is 5.69. The highest BCUT2D eigenvalue weighted by Crippen LogP contribution is 2.12. The number of hydrogen-bond donors (Lipinski definition) is 2. The van der Waals surface area contributed by atoms with Crippen LogP contribution in [0.1, 0.15) is 30.6 Å². The minimum absolute atomic E-state index is 0.260. The van der Waals surface area contributed by atoms with Gasteiger partial charge in [-0.15, -0.1) is 0 Å². The molecule has 1 aromatic rings. The Labute approximate surface area is 112 Å². The van der Waals surface area contributed by atoms with Gasteiger partial charge in [-0.05, 0) is 37.7 Å². The van der Waals surface area contributed by atoms with Gasteiger partial charge in [0.25, 0.3) is 0 Å². The highest BCUT2D eigenvalue weighted by Gasteiger charge is 2.13. The van der Waals surface area contributed by atoms with Crippen molar-refractivity contribution in [1.82, 2.24) is 10.3 Å². The summed E-state index contributed by atoms with van der Waals surface area (Å²) in [6.45, 7) is 4.08. The van der Waals surface area contributed by atoms with Crippen molar-refractivity contribution in [3.8, 4) is 0 Å². The number of carbonyl (C=O) groups is 1. The molecule has 0 unspecified atom stereocenters. The summed E-state index contributed by atoms with van der Waals surface area (Å²) in [4.78, 5) is 15.6. The zero-order chi connectivity index (χ0) is 13.5. The van der Waals surface area contributed by atoms with Crippen LogP contribution < -0.4 is 10.6 Å². The van der Waals surface area contributed by atoms with Gasteiger partial charge < -0.3 is 15.4 Å². The summed E-state index contributed by atoms with van der Waals surface area (Å²) in [5, 5.41) is 6.43. The lowest BCUT2D eigenvalue weighted by molar-refractivity contribution is 0.0601. The maximum absolute atomic E-state index is 11.5. The highest BCUT2D eigenvalue weighted by atomic mass is 32.1. The van der Waals surface area contributed by atoms with Crippen LogP contribution in [0.4, 0.5) is 5.82 Å². The molecule has 18 heavy (non-hydrogen) atoms. The van der Waals surface area contributed by atoms with Crippen molar-refractivity contribution in [2.45, 2.75) is 26.3 Å². The van der Waals surface area contributed by atoms with Crippen molar-refractivity contribution in [1.29, 1.82) is 0 Å². The Morgan fingerprint density at radius 1 is 1.61 bits per heavy atom. The Bertz CT molecular complexity index is 437. The van der Waals surface area contributed by atoms with E-state index in [1.807, 2.05) is 6.92 Å². The molecule has 1 rings (SSSR count). The molecule has 1 atom stereocenters.